The molecule has 1 aliphatic heterocycles. The number of hydrogen-bond donors (Lipinski definition) is 1. The minimum atomic E-state index is -0.352. The number of nitrogens with one attached hydrogen (secondary N) is 1. The van der Waals surface area contributed by atoms with E-state index in [2.05, 4.69) is 67.7 Å². The first-order valence-corrected chi connectivity index (χ1v) is 6.26. The molecule has 2 nitrogen and oxygen atoms in total. The molecule has 1 N–H and O–H groups in total. The molecule has 0 saturated carbocycles. The second-order valence-electron chi connectivity index (χ2n) is 5.13. The van der Waals surface area contributed by atoms with Gasteiger partial charge in [-0.25, -0.2) is 0 Å². The third kappa shape index (κ3) is 2.00. The Morgan fingerprint density at radius 1 is 0.944 bits per heavy atom. The summed E-state index contributed by atoms with van der Waals surface area (Å²) in [5, 5.41) is 3.41. The second kappa shape index (κ2) is 4.14. The van der Waals surface area contributed by atoms with Crippen LogP contribution < -0.4 is 5.32 Å². The molecule has 0 fully saturated rings. The van der Waals surface area contributed by atoms with Crippen molar-refractivity contribution in [1.82, 2.24) is 0 Å². The fourth-order valence-corrected chi connectivity index (χ4v) is 2.43. The van der Waals surface area contributed by atoms with Crippen molar-refractivity contribution in [2.45, 2.75) is 25.7 Å². The highest BCUT2D eigenvalue weighted by atomic mass is 16.5. The molecule has 0 aliphatic carbocycles. The fraction of sp³-hybridized carbons (Fsp3) is 0.250. The maximum absolute atomic E-state index is 6.18. The van der Waals surface area contributed by atoms with Crippen molar-refractivity contribution in [1.29, 1.82) is 0 Å². The van der Waals surface area contributed by atoms with Gasteiger partial charge in [-0.3, -0.25) is 0 Å². The van der Waals surface area contributed by atoms with Crippen LogP contribution in [0.3, 0.4) is 0 Å². The third-order valence-electron chi connectivity index (χ3n) is 3.19. The summed E-state index contributed by atoms with van der Waals surface area (Å²) in [6.07, 6.45) is -0.00125. The Labute approximate surface area is 108 Å². The van der Waals surface area contributed by atoms with Gasteiger partial charge in [-0.1, -0.05) is 48.5 Å². The number of hydrogen-bond acceptors (Lipinski definition) is 2. The zero-order chi connectivity index (χ0) is 12.6. The van der Waals surface area contributed by atoms with Gasteiger partial charge in [0.25, 0.3) is 0 Å². The quantitative estimate of drug-likeness (QED) is 0.813. The number of fused-ring (bicyclic) bond motifs is 1. The van der Waals surface area contributed by atoms with Gasteiger partial charge in [0.05, 0.1) is 0 Å². The van der Waals surface area contributed by atoms with Crippen LogP contribution in [-0.2, 0) is 4.74 Å². The van der Waals surface area contributed by atoms with Crippen molar-refractivity contribution < 1.29 is 4.74 Å². The van der Waals surface area contributed by atoms with E-state index in [1.165, 1.54) is 11.1 Å². The van der Waals surface area contributed by atoms with E-state index < -0.39 is 0 Å². The molecule has 2 aromatic rings. The van der Waals surface area contributed by atoms with Gasteiger partial charge in [-0.15, -0.1) is 0 Å². The lowest BCUT2D eigenvalue weighted by Crippen LogP contribution is -2.40. The standard InChI is InChI=1S/C16H17NO/c1-16(2)17-14-11-7-6-10-13(14)15(18-16)12-8-4-3-5-9-12/h3-11,15,17H,1-2H3. The van der Waals surface area contributed by atoms with Gasteiger partial charge < -0.3 is 10.1 Å². The second-order valence-corrected chi connectivity index (χ2v) is 5.13. The summed E-state index contributed by atoms with van der Waals surface area (Å²) < 4.78 is 6.18. The molecule has 1 aliphatic rings. The van der Waals surface area contributed by atoms with E-state index in [4.69, 9.17) is 4.74 Å². The van der Waals surface area contributed by atoms with Crippen LogP contribution in [0.1, 0.15) is 31.1 Å². The Bertz CT molecular complexity index is 548. The molecule has 0 radical (unpaired) electrons. The zero-order valence-electron chi connectivity index (χ0n) is 10.7. The summed E-state index contributed by atoms with van der Waals surface area (Å²) in [6.45, 7) is 4.11. The summed E-state index contributed by atoms with van der Waals surface area (Å²) in [6, 6.07) is 18.7. The molecule has 0 aromatic heterocycles. The van der Waals surface area contributed by atoms with Crippen molar-refractivity contribution in [3.8, 4) is 0 Å². The minimum Gasteiger partial charge on any atom is -0.358 e. The van der Waals surface area contributed by atoms with Gasteiger partial charge in [0.15, 0.2) is 0 Å². The molecule has 1 unspecified atom stereocenters. The third-order valence-corrected chi connectivity index (χ3v) is 3.19. The van der Waals surface area contributed by atoms with Gasteiger partial charge in [-0.2, -0.15) is 0 Å². The molecule has 0 spiro atoms. The molecule has 0 amide bonds. The molecular formula is C16H17NO. The lowest BCUT2D eigenvalue weighted by molar-refractivity contribution is -0.0440. The molecule has 0 bridgehead atoms. The highest BCUT2D eigenvalue weighted by Gasteiger charge is 2.32. The first-order chi connectivity index (χ1) is 8.66. The molecule has 3 rings (SSSR count). The molecule has 18 heavy (non-hydrogen) atoms. The number of anilines is 1. The summed E-state index contributed by atoms with van der Waals surface area (Å²) >= 11 is 0. The van der Waals surface area contributed by atoms with E-state index in [0.717, 1.165) is 5.69 Å². The number of ether oxygens (including phenoxy) is 1. The van der Waals surface area contributed by atoms with Crippen LogP contribution in [-0.4, -0.2) is 5.72 Å². The normalized spacial score (nSPS) is 20.9. The molecule has 0 saturated heterocycles. The zero-order valence-corrected chi connectivity index (χ0v) is 10.7. The molecule has 2 aromatic carbocycles. The maximum Gasteiger partial charge on any atom is 0.134 e. The van der Waals surface area contributed by atoms with Crippen LogP contribution in [0.2, 0.25) is 0 Å². The van der Waals surface area contributed by atoms with Crippen LogP contribution in [0.15, 0.2) is 54.6 Å². The Balaban J connectivity index is 2.10. The van der Waals surface area contributed by atoms with Crippen LogP contribution in [0.25, 0.3) is 0 Å². The van der Waals surface area contributed by atoms with Crippen molar-refractivity contribution in [3.05, 3.63) is 65.7 Å². The number of benzene rings is 2. The van der Waals surface area contributed by atoms with Crippen LogP contribution in [0.5, 0.6) is 0 Å². The van der Waals surface area contributed by atoms with Gasteiger partial charge in [-0.05, 0) is 25.5 Å². The van der Waals surface area contributed by atoms with Crippen LogP contribution in [0.4, 0.5) is 5.69 Å². The van der Waals surface area contributed by atoms with E-state index in [1.807, 2.05) is 6.07 Å². The average Bonchev–Trinajstić information content (AvgIpc) is 2.38. The predicted octanol–water partition coefficient (Wildman–Crippen LogP) is 3.95. The lowest BCUT2D eigenvalue weighted by atomic mass is 9.97. The molecule has 2 heteroatoms. The highest BCUT2D eigenvalue weighted by molar-refractivity contribution is 5.57. The van der Waals surface area contributed by atoms with Gasteiger partial charge in [0.1, 0.15) is 11.8 Å². The fourth-order valence-electron chi connectivity index (χ4n) is 2.43. The summed E-state index contributed by atoms with van der Waals surface area (Å²) in [5.41, 5.74) is 3.19. The largest absolute Gasteiger partial charge is 0.358 e. The highest BCUT2D eigenvalue weighted by Crippen LogP contribution is 2.39. The number of rotatable bonds is 1. The average molecular weight is 239 g/mol. The SMILES string of the molecule is CC1(C)Nc2ccccc2C(c2ccccc2)O1. The van der Waals surface area contributed by atoms with E-state index in [1.54, 1.807) is 0 Å². The van der Waals surface area contributed by atoms with Gasteiger partial charge >= 0.3 is 0 Å². The molecule has 1 atom stereocenters. The summed E-state index contributed by atoms with van der Waals surface area (Å²) in [7, 11) is 0. The molecule has 1 heterocycles. The lowest BCUT2D eigenvalue weighted by Gasteiger charge is -2.39. The van der Waals surface area contributed by atoms with E-state index in [0.29, 0.717) is 0 Å². The minimum absolute atomic E-state index is 0.00125. The summed E-state index contributed by atoms with van der Waals surface area (Å²) in [5.74, 6) is 0. The van der Waals surface area contributed by atoms with E-state index in [-0.39, 0.29) is 11.8 Å². The maximum atomic E-state index is 6.18. The van der Waals surface area contributed by atoms with Crippen molar-refractivity contribution in [2.75, 3.05) is 5.32 Å². The summed E-state index contributed by atoms with van der Waals surface area (Å²) in [4.78, 5) is 0. The predicted molar refractivity (Wildman–Crippen MR) is 73.5 cm³/mol. The Morgan fingerprint density at radius 2 is 1.61 bits per heavy atom. The topological polar surface area (TPSA) is 21.3 Å². The number of para-hydroxylation sites is 1. The van der Waals surface area contributed by atoms with Gasteiger partial charge in [0.2, 0.25) is 0 Å². The van der Waals surface area contributed by atoms with Crippen molar-refractivity contribution in [2.24, 2.45) is 0 Å². The first-order valence-electron chi connectivity index (χ1n) is 6.26. The smallest absolute Gasteiger partial charge is 0.134 e. The molecular weight excluding hydrogens is 222 g/mol. The van der Waals surface area contributed by atoms with Crippen molar-refractivity contribution in [3.63, 3.8) is 0 Å². The van der Waals surface area contributed by atoms with E-state index >= 15 is 0 Å². The van der Waals surface area contributed by atoms with Crippen molar-refractivity contribution >= 4 is 5.69 Å². The Kier molecular flexibility index (Phi) is 2.60. The monoisotopic (exact) mass is 239 g/mol. The Morgan fingerprint density at radius 3 is 2.39 bits per heavy atom. The van der Waals surface area contributed by atoms with Gasteiger partial charge in [0, 0.05) is 11.3 Å². The van der Waals surface area contributed by atoms with E-state index in [9.17, 15) is 0 Å². The van der Waals surface area contributed by atoms with Crippen LogP contribution >= 0.6 is 0 Å². The Hall–Kier alpha value is -1.80. The van der Waals surface area contributed by atoms with Crippen LogP contribution in [0, 0.1) is 0 Å². The first kappa shape index (κ1) is 11.3. The molecule has 92 valence electrons.